The summed E-state index contributed by atoms with van der Waals surface area (Å²) in [6.07, 6.45) is 0.966. The summed E-state index contributed by atoms with van der Waals surface area (Å²) in [7, 11) is 7.66. The Balaban J connectivity index is 1.74. The van der Waals surface area contributed by atoms with Crippen LogP contribution in [0.5, 0.6) is 0 Å². The molecule has 2 aliphatic heterocycles. The predicted octanol–water partition coefficient (Wildman–Crippen LogP) is 3.26. The Hall–Kier alpha value is -2.20. The average Bonchev–Trinajstić information content (AvgIpc) is 3.12. The van der Waals surface area contributed by atoms with Crippen molar-refractivity contribution in [3.8, 4) is 0 Å². The Morgan fingerprint density at radius 1 is 1.32 bits per heavy atom. The third-order valence-corrected chi connectivity index (χ3v) is 6.44. The second kappa shape index (κ2) is 8.74. The van der Waals surface area contributed by atoms with Crippen molar-refractivity contribution >= 4 is 37.1 Å². The molecule has 1 amide bonds. The minimum absolute atomic E-state index is 0.00644. The Kier molecular flexibility index (Phi) is 6.21. The minimum atomic E-state index is -2.70. The molecule has 1 saturated heterocycles. The van der Waals surface area contributed by atoms with Crippen LogP contribution in [0.25, 0.3) is 0 Å². The summed E-state index contributed by atoms with van der Waals surface area (Å²) in [6, 6.07) is 1.49. The second-order valence-electron chi connectivity index (χ2n) is 8.07. The highest BCUT2D eigenvalue weighted by Crippen LogP contribution is 2.37. The van der Waals surface area contributed by atoms with Crippen molar-refractivity contribution in [1.82, 2.24) is 24.5 Å². The standard InChI is InChI=1S/C20H24BClF2N6O/c1-12(31)28-6-5-17-15(11-28)20(26-30(17)13-3-7-29(21)8-4-13)27(2)18-9-14(19(23)24)16(22)10-25-18/h9-10,13,19H,3-8,11H2,1-2H3. The van der Waals surface area contributed by atoms with Gasteiger partial charge in [-0.15, -0.1) is 0 Å². The van der Waals surface area contributed by atoms with Gasteiger partial charge in [-0.2, -0.15) is 5.10 Å². The van der Waals surface area contributed by atoms with E-state index >= 15 is 0 Å². The highest BCUT2D eigenvalue weighted by Gasteiger charge is 2.32. The van der Waals surface area contributed by atoms with Gasteiger partial charge in [0.15, 0.2) is 13.8 Å². The van der Waals surface area contributed by atoms with Gasteiger partial charge in [0.05, 0.1) is 17.6 Å². The van der Waals surface area contributed by atoms with Crippen LogP contribution in [0.1, 0.15) is 49.1 Å². The van der Waals surface area contributed by atoms with E-state index in [1.165, 1.54) is 12.3 Å². The summed E-state index contributed by atoms with van der Waals surface area (Å²) >= 11 is 5.89. The zero-order valence-corrected chi connectivity index (χ0v) is 18.3. The minimum Gasteiger partial charge on any atom is -0.353 e. The lowest BCUT2D eigenvalue weighted by molar-refractivity contribution is -0.129. The summed E-state index contributed by atoms with van der Waals surface area (Å²) in [6.45, 7) is 4.16. The van der Waals surface area contributed by atoms with Crippen molar-refractivity contribution in [1.29, 1.82) is 0 Å². The molecule has 164 valence electrons. The lowest BCUT2D eigenvalue weighted by Crippen LogP contribution is -2.36. The molecule has 0 unspecified atom stereocenters. The molecule has 11 heteroatoms. The zero-order valence-electron chi connectivity index (χ0n) is 17.6. The van der Waals surface area contributed by atoms with Gasteiger partial charge in [0.25, 0.3) is 6.43 Å². The number of hydrogen-bond donors (Lipinski definition) is 0. The molecule has 2 aliphatic rings. The molecule has 0 bridgehead atoms. The molecule has 31 heavy (non-hydrogen) atoms. The molecule has 1 fully saturated rings. The molecular formula is C20H24BClF2N6O. The van der Waals surface area contributed by atoms with Gasteiger partial charge in [0.2, 0.25) is 5.91 Å². The van der Waals surface area contributed by atoms with E-state index in [2.05, 4.69) is 9.67 Å². The number of piperidine rings is 1. The number of aromatic nitrogens is 3. The largest absolute Gasteiger partial charge is 0.353 e. The Labute approximate surface area is 186 Å². The van der Waals surface area contributed by atoms with Gasteiger partial charge in [0, 0.05) is 50.0 Å². The van der Waals surface area contributed by atoms with Crippen LogP contribution < -0.4 is 4.90 Å². The number of carbonyl (C=O) groups excluding carboxylic acids is 1. The number of nitrogens with zero attached hydrogens (tertiary/aromatic N) is 6. The molecule has 7 nitrogen and oxygen atoms in total. The van der Waals surface area contributed by atoms with Gasteiger partial charge in [0.1, 0.15) is 5.82 Å². The molecule has 0 spiro atoms. The third kappa shape index (κ3) is 4.28. The highest BCUT2D eigenvalue weighted by molar-refractivity contribution is 6.31. The van der Waals surface area contributed by atoms with Crippen LogP contribution in [0.2, 0.25) is 5.02 Å². The molecule has 0 aliphatic carbocycles. The van der Waals surface area contributed by atoms with E-state index in [9.17, 15) is 13.6 Å². The van der Waals surface area contributed by atoms with Gasteiger partial charge >= 0.3 is 0 Å². The number of fused-ring (bicyclic) bond motifs is 1. The summed E-state index contributed by atoms with van der Waals surface area (Å²) in [5.41, 5.74) is 1.74. The predicted molar refractivity (Wildman–Crippen MR) is 115 cm³/mol. The van der Waals surface area contributed by atoms with Crippen LogP contribution in [0.15, 0.2) is 12.3 Å². The number of halogens is 3. The molecule has 2 aromatic heterocycles. The van der Waals surface area contributed by atoms with E-state index in [1.54, 1.807) is 28.6 Å². The van der Waals surface area contributed by atoms with E-state index in [1.807, 2.05) is 0 Å². The van der Waals surface area contributed by atoms with Crippen molar-refractivity contribution in [3.05, 3.63) is 34.1 Å². The molecule has 0 aromatic carbocycles. The van der Waals surface area contributed by atoms with E-state index in [0.717, 1.165) is 37.2 Å². The zero-order chi connectivity index (χ0) is 22.3. The first-order valence-corrected chi connectivity index (χ1v) is 10.7. The first-order chi connectivity index (χ1) is 14.8. The topological polar surface area (TPSA) is 57.5 Å². The van der Waals surface area contributed by atoms with E-state index in [4.69, 9.17) is 24.7 Å². The quantitative estimate of drug-likeness (QED) is 0.672. The van der Waals surface area contributed by atoms with Crippen molar-refractivity contribution in [2.24, 2.45) is 0 Å². The molecule has 0 atom stereocenters. The number of rotatable bonds is 4. The summed E-state index contributed by atoms with van der Waals surface area (Å²) in [5, 5.41) is 4.82. The number of pyridine rings is 1. The van der Waals surface area contributed by atoms with E-state index in [0.29, 0.717) is 31.1 Å². The smallest absolute Gasteiger partial charge is 0.265 e. The van der Waals surface area contributed by atoms with Crippen LogP contribution in [0.3, 0.4) is 0 Å². The first-order valence-electron chi connectivity index (χ1n) is 10.3. The molecular weight excluding hydrogens is 425 g/mol. The van der Waals surface area contributed by atoms with Gasteiger partial charge in [-0.25, -0.2) is 13.8 Å². The summed E-state index contributed by atoms with van der Waals surface area (Å²) in [4.78, 5) is 21.5. The lowest BCUT2D eigenvalue weighted by Gasteiger charge is -2.32. The number of anilines is 2. The van der Waals surface area contributed by atoms with Crippen LogP contribution in [-0.2, 0) is 17.8 Å². The number of hydrogen-bond acceptors (Lipinski definition) is 5. The number of amides is 1. The van der Waals surface area contributed by atoms with Gasteiger partial charge in [-0.3, -0.25) is 9.48 Å². The fourth-order valence-corrected chi connectivity index (χ4v) is 4.49. The van der Waals surface area contributed by atoms with Crippen LogP contribution in [-0.4, -0.2) is 65.0 Å². The molecule has 0 saturated carbocycles. The van der Waals surface area contributed by atoms with Crippen molar-refractivity contribution in [2.75, 3.05) is 31.6 Å². The van der Waals surface area contributed by atoms with E-state index in [-0.39, 0.29) is 22.5 Å². The fraction of sp³-hybridized carbons (Fsp3) is 0.550. The van der Waals surface area contributed by atoms with Crippen LogP contribution in [0, 0.1) is 0 Å². The Morgan fingerprint density at radius 2 is 2.03 bits per heavy atom. The molecule has 2 radical (unpaired) electrons. The van der Waals surface area contributed by atoms with Crippen molar-refractivity contribution < 1.29 is 13.6 Å². The monoisotopic (exact) mass is 448 g/mol. The SMILES string of the molecule is [B]N1CCC(n2nc(N(C)c3cc(C(F)F)c(Cl)cn3)c3c2CCN(C(C)=O)C3)CC1. The lowest BCUT2D eigenvalue weighted by atomic mass is 10.0. The van der Waals surface area contributed by atoms with Crippen LogP contribution in [0.4, 0.5) is 20.4 Å². The first kappa shape index (κ1) is 22.0. The average molecular weight is 449 g/mol. The molecule has 4 rings (SSSR count). The number of carbonyl (C=O) groups is 1. The van der Waals surface area contributed by atoms with E-state index < -0.39 is 6.43 Å². The summed E-state index contributed by atoms with van der Waals surface area (Å²) < 4.78 is 28.8. The second-order valence-corrected chi connectivity index (χ2v) is 8.48. The maximum Gasteiger partial charge on any atom is 0.265 e. The Bertz CT molecular complexity index is 979. The van der Waals surface area contributed by atoms with Gasteiger partial charge in [-0.1, -0.05) is 11.6 Å². The normalized spacial score (nSPS) is 17.8. The number of alkyl halides is 2. The molecule has 4 heterocycles. The maximum atomic E-state index is 13.4. The highest BCUT2D eigenvalue weighted by atomic mass is 35.5. The fourth-order valence-electron chi connectivity index (χ4n) is 4.30. The molecule has 2 aromatic rings. The van der Waals surface area contributed by atoms with Gasteiger partial charge < -0.3 is 14.6 Å². The third-order valence-electron chi connectivity index (χ3n) is 6.12. The van der Waals surface area contributed by atoms with Crippen molar-refractivity contribution in [3.63, 3.8) is 0 Å². The molecule has 0 N–H and O–H groups in total. The maximum absolute atomic E-state index is 13.4. The summed E-state index contributed by atoms with van der Waals surface area (Å²) in [5.74, 6) is 0.933. The van der Waals surface area contributed by atoms with Crippen molar-refractivity contribution in [2.45, 2.75) is 45.2 Å². The van der Waals surface area contributed by atoms with Gasteiger partial charge in [-0.05, 0) is 32.0 Å². The van der Waals surface area contributed by atoms with Crippen LogP contribution >= 0.6 is 11.6 Å². The Morgan fingerprint density at radius 3 is 2.68 bits per heavy atom.